The van der Waals surface area contributed by atoms with Gasteiger partial charge >= 0.3 is 0 Å². The Morgan fingerprint density at radius 3 is 1.40 bits per heavy atom. The van der Waals surface area contributed by atoms with E-state index in [4.69, 9.17) is 19.4 Å². The van der Waals surface area contributed by atoms with Gasteiger partial charge in [0.2, 0.25) is 0 Å². The molecule has 0 aliphatic rings. The van der Waals surface area contributed by atoms with Gasteiger partial charge in [0, 0.05) is 27.5 Å². The predicted octanol–water partition coefficient (Wildman–Crippen LogP) is 11.3. The number of hydrogen-bond donors (Lipinski definition) is 0. The lowest BCUT2D eigenvalue weighted by atomic mass is 10.00. The fourth-order valence-electron chi connectivity index (χ4n) is 6.27. The van der Waals surface area contributed by atoms with Crippen molar-refractivity contribution in [2.24, 2.45) is 0 Å². The molecule has 0 atom stereocenters. The van der Waals surface area contributed by atoms with Gasteiger partial charge in [0.1, 0.15) is 11.2 Å². The molecule has 0 aliphatic carbocycles. The first-order valence-corrected chi connectivity index (χ1v) is 15.7. The number of fused-ring (bicyclic) bond motifs is 4. The number of benzene rings is 7. The van der Waals surface area contributed by atoms with Crippen LogP contribution in [0.25, 0.3) is 89.1 Å². The Morgan fingerprint density at radius 2 is 0.766 bits per heavy atom. The van der Waals surface area contributed by atoms with Crippen molar-refractivity contribution in [3.05, 3.63) is 164 Å². The zero-order valence-electron chi connectivity index (χ0n) is 25.3. The van der Waals surface area contributed by atoms with Gasteiger partial charge in [-0.3, -0.25) is 0 Å². The topological polar surface area (TPSA) is 51.8 Å². The van der Waals surface area contributed by atoms with Gasteiger partial charge in [-0.1, -0.05) is 127 Å². The lowest BCUT2D eigenvalue weighted by molar-refractivity contribution is 0.669. The molecule has 0 radical (unpaired) electrons. The van der Waals surface area contributed by atoms with Crippen LogP contribution in [0.4, 0.5) is 0 Å². The van der Waals surface area contributed by atoms with Crippen LogP contribution in [0.3, 0.4) is 0 Å². The summed E-state index contributed by atoms with van der Waals surface area (Å²) in [4.78, 5) is 14.9. The maximum Gasteiger partial charge on any atom is 0.164 e. The van der Waals surface area contributed by atoms with E-state index in [9.17, 15) is 0 Å². The van der Waals surface area contributed by atoms with Crippen LogP contribution >= 0.6 is 0 Å². The molecule has 220 valence electrons. The first-order valence-electron chi connectivity index (χ1n) is 15.7. The van der Waals surface area contributed by atoms with Crippen molar-refractivity contribution in [3.8, 4) is 56.4 Å². The van der Waals surface area contributed by atoms with E-state index in [0.29, 0.717) is 17.5 Å². The van der Waals surface area contributed by atoms with Crippen molar-refractivity contribution in [1.29, 1.82) is 0 Å². The molecular formula is C43H27N3O. The first-order chi connectivity index (χ1) is 23.2. The number of rotatable bonds is 5. The zero-order valence-corrected chi connectivity index (χ0v) is 25.3. The molecule has 7 aromatic carbocycles. The molecule has 4 heteroatoms. The van der Waals surface area contributed by atoms with Gasteiger partial charge in [-0.2, -0.15) is 0 Å². The number of hydrogen-bond acceptors (Lipinski definition) is 4. The molecular weight excluding hydrogens is 574 g/mol. The van der Waals surface area contributed by atoms with E-state index in [2.05, 4.69) is 115 Å². The van der Waals surface area contributed by atoms with Crippen molar-refractivity contribution in [3.63, 3.8) is 0 Å². The Hall–Kier alpha value is -6.39. The summed E-state index contributed by atoms with van der Waals surface area (Å²) in [5.74, 6) is 1.85. The van der Waals surface area contributed by atoms with E-state index < -0.39 is 0 Å². The molecule has 0 fully saturated rings. The fraction of sp³-hybridized carbons (Fsp3) is 0. The van der Waals surface area contributed by atoms with E-state index in [1.807, 2.05) is 48.5 Å². The van der Waals surface area contributed by atoms with E-state index in [1.54, 1.807) is 0 Å². The molecule has 0 amide bonds. The molecule has 0 unspecified atom stereocenters. The Labute approximate surface area is 271 Å². The lowest BCUT2D eigenvalue weighted by Gasteiger charge is -2.10. The van der Waals surface area contributed by atoms with Crippen LogP contribution in [0.5, 0.6) is 0 Å². The highest BCUT2D eigenvalue weighted by Gasteiger charge is 2.15. The molecule has 47 heavy (non-hydrogen) atoms. The highest BCUT2D eigenvalue weighted by molar-refractivity contribution is 6.07. The molecule has 0 saturated heterocycles. The molecule has 0 saturated carbocycles. The second-order valence-corrected chi connectivity index (χ2v) is 11.7. The summed E-state index contributed by atoms with van der Waals surface area (Å²) in [6.45, 7) is 0. The summed E-state index contributed by atoms with van der Waals surface area (Å²) in [6, 6.07) is 56.5. The van der Waals surface area contributed by atoms with Gasteiger partial charge < -0.3 is 4.42 Å². The minimum absolute atomic E-state index is 0.598. The quantitative estimate of drug-likeness (QED) is 0.197. The second kappa shape index (κ2) is 11.2. The van der Waals surface area contributed by atoms with Gasteiger partial charge in [0.15, 0.2) is 17.5 Å². The van der Waals surface area contributed by atoms with Crippen molar-refractivity contribution >= 4 is 32.7 Å². The maximum atomic E-state index is 6.35. The predicted molar refractivity (Wildman–Crippen MR) is 192 cm³/mol. The van der Waals surface area contributed by atoms with Crippen LogP contribution in [0, 0.1) is 0 Å². The minimum Gasteiger partial charge on any atom is -0.456 e. The Kier molecular flexibility index (Phi) is 6.43. The Bertz CT molecular complexity index is 2560. The Morgan fingerprint density at radius 1 is 0.298 bits per heavy atom. The van der Waals surface area contributed by atoms with Crippen LogP contribution in [0.1, 0.15) is 0 Å². The van der Waals surface area contributed by atoms with Gasteiger partial charge in [0.05, 0.1) is 0 Å². The summed E-state index contributed by atoms with van der Waals surface area (Å²) >= 11 is 0. The summed E-state index contributed by atoms with van der Waals surface area (Å²) in [5, 5.41) is 4.44. The van der Waals surface area contributed by atoms with Crippen LogP contribution in [0.2, 0.25) is 0 Å². The van der Waals surface area contributed by atoms with Crippen molar-refractivity contribution in [2.45, 2.75) is 0 Å². The number of aromatic nitrogens is 3. The average molecular weight is 602 g/mol. The molecule has 9 aromatic rings. The van der Waals surface area contributed by atoms with E-state index in [-0.39, 0.29) is 0 Å². The monoisotopic (exact) mass is 601 g/mol. The van der Waals surface area contributed by atoms with Crippen molar-refractivity contribution in [1.82, 2.24) is 15.0 Å². The van der Waals surface area contributed by atoms with E-state index >= 15 is 0 Å². The summed E-state index contributed by atoms with van der Waals surface area (Å²) in [7, 11) is 0. The third-order valence-electron chi connectivity index (χ3n) is 8.71. The van der Waals surface area contributed by atoms with Gasteiger partial charge in [-0.25, -0.2) is 15.0 Å². The van der Waals surface area contributed by atoms with Crippen molar-refractivity contribution < 1.29 is 4.42 Å². The molecule has 9 rings (SSSR count). The molecule has 2 heterocycles. The summed E-state index contributed by atoms with van der Waals surface area (Å²) < 4.78 is 6.35. The number of nitrogens with zero attached hydrogens (tertiary/aromatic N) is 3. The third-order valence-corrected chi connectivity index (χ3v) is 8.71. The van der Waals surface area contributed by atoms with Crippen LogP contribution in [-0.4, -0.2) is 15.0 Å². The van der Waals surface area contributed by atoms with E-state index in [0.717, 1.165) is 49.6 Å². The van der Waals surface area contributed by atoms with Gasteiger partial charge in [0.25, 0.3) is 0 Å². The summed E-state index contributed by atoms with van der Waals surface area (Å²) in [5.41, 5.74) is 9.11. The summed E-state index contributed by atoms with van der Waals surface area (Å²) in [6.07, 6.45) is 0. The molecule has 0 N–H and O–H groups in total. The first kappa shape index (κ1) is 27.0. The molecule has 4 nitrogen and oxygen atoms in total. The highest BCUT2D eigenvalue weighted by atomic mass is 16.3. The lowest BCUT2D eigenvalue weighted by Crippen LogP contribution is -2.00. The molecule has 0 spiro atoms. The van der Waals surface area contributed by atoms with Crippen molar-refractivity contribution in [2.75, 3.05) is 0 Å². The molecule has 0 bridgehead atoms. The smallest absolute Gasteiger partial charge is 0.164 e. The largest absolute Gasteiger partial charge is 0.456 e. The fourth-order valence-corrected chi connectivity index (χ4v) is 6.27. The number of furan rings is 1. The van der Waals surface area contributed by atoms with Gasteiger partial charge in [-0.15, -0.1) is 0 Å². The minimum atomic E-state index is 0.598. The zero-order chi connectivity index (χ0) is 31.2. The third kappa shape index (κ3) is 5.02. The standard InChI is InChI=1S/C43H27N3O/c1-4-10-28(11-5-1)31-16-17-33-25-35(19-18-32(33)24-31)42-44-41(30-14-8-3-9-15-30)45-43(46-42)36-20-22-37-38-26-34(29-12-6-2-7-13-29)21-23-39(38)47-40(37)27-36/h1-27H. The van der Waals surface area contributed by atoms with Gasteiger partial charge in [-0.05, 0) is 69.4 Å². The normalized spacial score (nSPS) is 11.4. The van der Waals surface area contributed by atoms with Crippen LogP contribution in [-0.2, 0) is 0 Å². The maximum absolute atomic E-state index is 6.35. The molecule has 0 aliphatic heterocycles. The van der Waals surface area contributed by atoms with Crippen LogP contribution < -0.4 is 0 Å². The Balaban J connectivity index is 1.15. The molecule has 2 aromatic heterocycles. The second-order valence-electron chi connectivity index (χ2n) is 11.7. The highest BCUT2D eigenvalue weighted by Crippen LogP contribution is 2.35. The SMILES string of the molecule is c1ccc(-c2ccc3cc(-c4nc(-c5ccccc5)nc(-c5ccc6c(c5)oc5ccc(-c7ccccc7)cc56)n4)ccc3c2)cc1. The average Bonchev–Trinajstić information content (AvgIpc) is 3.52. The van der Waals surface area contributed by atoms with E-state index in [1.165, 1.54) is 22.1 Å². The van der Waals surface area contributed by atoms with Crippen LogP contribution in [0.15, 0.2) is 168 Å².